The van der Waals surface area contributed by atoms with Crippen LogP contribution in [-0.2, 0) is 31.5 Å². The van der Waals surface area contributed by atoms with Crippen LogP contribution in [0.2, 0.25) is 0 Å². The van der Waals surface area contributed by atoms with Crippen LogP contribution in [0.4, 0.5) is 13.2 Å². The predicted molar refractivity (Wildman–Crippen MR) is 130 cm³/mol. The van der Waals surface area contributed by atoms with E-state index in [1.807, 2.05) is 0 Å². The predicted octanol–water partition coefficient (Wildman–Crippen LogP) is 2.38. The number of likely N-dealkylation sites (tertiary alicyclic amines) is 1. The van der Waals surface area contributed by atoms with Crippen LogP contribution in [0, 0.1) is 0 Å². The van der Waals surface area contributed by atoms with E-state index in [2.05, 4.69) is 10.3 Å². The van der Waals surface area contributed by atoms with Crippen molar-refractivity contribution in [3.05, 3.63) is 65.5 Å². The van der Waals surface area contributed by atoms with E-state index < -0.39 is 57.5 Å². The Morgan fingerprint density at radius 2 is 1.89 bits per heavy atom. The largest absolute Gasteiger partial charge is 0.416 e. The quantitative estimate of drug-likeness (QED) is 0.538. The molecule has 204 valence electrons. The smallest absolute Gasteiger partial charge is 0.340 e. The third kappa shape index (κ3) is 5.73. The molecule has 2 aliphatic heterocycles. The van der Waals surface area contributed by atoms with Crippen LogP contribution in [0.1, 0.15) is 47.7 Å². The van der Waals surface area contributed by atoms with Crippen LogP contribution in [-0.4, -0.2) is 71.4 Å². The van der Waals surface area contributed by atoms with Gasteiger partial charge in [0, 0.05) is 24.5 Å². The van der Waals surface area contributed by atoms with Gasteiger partial charge in [0.2, 0.25) is 15.9 Å². The van der Waals surface area contributed by atoms with Crippen LogP contribution in [0.3, 0.4) is 0 Å². The zero-order valence-corrected chi connectivity index (χ0v) is 21.3. The Hall–Kier alpha value is -3.32. The fourth-order valence-electron chi connectivity index (χ4n) is 4.96. The molecule has 0 aliphatic carbocycles. The van der Waals surface area contributed by atoms with E-state index in [0.29, 0.717) is 12.0 Å². The Labute approximate surface area is 218 Å². The number of pyridine rings is 1. The van der Waals surface area contributed by atoms with Crippen LogP contribution < -0.4 is 5.32 Å². The van der Waals surface area contributed by atoms with E-state index in [1.165, 1.54) is 17.3 Å². The highest BCUT2D eigenvalue weighted by atomic mass is 32.2. The summed E-state index contributed by atoms with van der Waals surface area (Å²) in [7, 11) is -3.86. The van der Waals surface area contributed by atoms with Gasteiger partial charge in [-0.2, -0.15) is 17.5 Å². The summed E-state index contributed by atoms with van der Waals surface area (Å²) in [6, 6.07) is 4.18. The number of nitrogens with one attached hydrogen (secondary N) is 1. The average Bonchev–Trinajstić information content (AvgIpc) is 3.45. The van der Waals surface area contributed by atoms with E-state index >= 15 is 0 Å². The number of carbonyl (C=O) groups is 3. The monoisotopic (exact) mass is 552 g/mol. The third-order valence-corrected chi connectivity index (χ3v) is 8.56. The number of alkyl halides is 3. The highest BCUT2D eigenvalue weighted by Crippen LogP contribution is 2.33. The van der Waals surface area contributed by atoms with Crippen molar-refractivity contribution in [1.29, 1.82) is 0 Å². The Balaban J connectivity index is 1.47. The number of ketones is 1. The summed E-state index contributed by atoms with van der Waals surface area (Å²) in [5.41, 5.74) is -0.472. The van der Waals surface area contributed by atoms with Crippen molar-refractivity contribution < 1.29 is 36.0 Å². The van der Waals surface area contributed by atoms with Crippen molar-refractivity contribution in [1.82, 2.24) is 19.5 Å². The maximum atomic E-state index is 13.5. The van der Waals surface area contributed by atoms with Gasteiger partial charge in [-0.05, 0) is 48.7 Å². The first-order chi connectivity index (χ1) is 17.9. The molecule has 0 saturated carbocycles. The van der Waals surface area contributed by atoms with Gasteiger partial charge in [-0.25, -0.2) is 8.42 Å². The number of fused-ring (bicyclic) bond motifs is 1. The van der Waals surface area contributed by atoms with Crippen molar-refractivity contribution in [2.45, 2.75) is 56.2 Å². The van der Waals surface area contributed by atoms with E-state index in [9.17, 15) is 36.0 Å². The van der Waals surface area contributed by atoms with Crippen molar-refractivity contribution >= 4 is 27.6 Å². The molecule has 4 rings (SSSR count). The van der Waals surface area contributed by atoms with Crippen LogP contribution >= 0.6 is 0 Å². The van der Waals surface area contributed by atoms with Crippen LogP contribution in [0.5, 0.6) is 0 Å². The van der Waals surface area contributed by atoms with Gasteiger partial charge in [-0.1, -0.05) is 19.4 Å². The van der Waals surface area contributed by atoms with Crippen molar-refractivity contribution in [2.24, 2.45) is 0 Å². The molecule has 13 heteroatoms. The highest BCUT2D eigenvalue weighted by Gasteiger charge is 2.54. The lowest BCUT2D eigenvalue weighted by Gasteiger charge is -2.28. The fourth-order valence-corrected chi connectivity index (χ4v) is 6.67. The van der Waals surface area contributed by atoms with Crippen LogP contribution in [0.25, 0.3) is 0 Å². The van der Waals surface area contributed by atoms with E-state index in [4.69, 9.17) is 0 Å². The molecule has 1 aromatic carbocycles. The first-order valence-corrected chi connectivity index (χ1v) is 13.7. The lowest BCUT2D eigenvalue weighted by molar-refractivity contribution is -0.138. The van der Waals surface area contributed by atoms with Gasteiger partial charge in [-0.3, -0.25) is 19.4 Å². The number of Topliss-reactive ketones (excluding diaryl/α,β-unsaturated/α-hetero) is 1. The summed E-state index contributed by atoms with van der Waals surface area (Å²) >= 11 is 0. The maximum absolute atomic E-state index is 13.5. The molecule has 2 amide bonds. The summed E-state index contributed by atoms with van der Waals surface area (Å²) in [6.07, 6.45) is -0.585. The van der Waals surface area contributed by atoms with Gasteiger partial charge < -0.3 is 10.2 Å². The van der Waals surface area contributed by atoms with Crippen LogP contribution in [0.15, 0.2) is 48.8 Å². The Morgan fingerprint density at radius 1 is 1.18 bits per heavy atom. The summed E-state index contributed by atoms with van der Waals surface area (Å²) in [6.45, 7) is 1.58. The van der Waals surface area contributed by atoms with Gasteiger partial charge in [0.15, 0.2) is 5.78 Å². The molecule has 1 N–H and O–H groups in total. The number of amides is 2. The molecular formula is C25H27F3N4O5S. The summed E-state index contributed by atoms with van der Waals surface area (Å²) in [5.74, 6) is -1.98. The molecule has 9 nitrogen and oxygen atoms in total. The molecule has 2 aromatic rings. The molecule has 1 aromatic heterocycles. The SMILES string of the molecule is CCCC(NC(=O)c1ccc(C(F)(F)F)cc1)C(=O)N1CCC2C1C(=O)CN2S(=O)(=O)Cc1cccnc1. The molecule has 3 unspecified atom stereocenters. The zero-order valence-electron chi connectivity index (χ0n) is 20.5. The number of hydrogen-bond acceptors (Lipinski definition) is 6. The number of rotatable bonds is 8. The molecule has 3 atom stereocenters. The lowest BCUT2D eigenvalue weighted by atomic mass is 10.1. The van der Waals surface area contributed by atoms with E-state index in [0.717, 1.165) is 28.6 Å². The van der Waals surface area contributed by atoms with Crippen molar-refractivity contribution in [3.8, 4) is 0 Å². The summed E-state index contributed by atoms with van der Waals surface area (Å²) < 4.78 is 65.9. The standard InChI is InChI=1S/C25H27F3N4O5S/c1-2-4-19(30-23(34)17-6-8-18(9-7-17)25(26,27)28)24(35)31-12-10-20-22(31)21(33)14-32(20)38(36,37)15-16-5-3-11-29-13-16/h3,5-9,11,13,19-20,22H,2,4,10,12,14-15H2,1H3,(H,30,34). The van der Waals surface area contributed by atoms with Gasteiger partial charge >= 0.3 is 6.18 Å². The fraction of sp³-hybridized carbons (Fsp3) is 0.440. The molecule has 0 spiro atoms. The van der Waals surface area contributed by atoms with E-state index in [-0.39, 0.29) is 37.2 Å². The number of benzene rings is 1. The van der Waals surface area contributed by atoms with Crippen molar-refractivity contribution in [2.75, 3.05) is 13.1 Å². The summed E-state index contributed by atoms with van der Waals surface area (Å²) in [5, 5.41) is 2.58. The average molecular weight is 553 g/mol. The minimum absolute atomic E-state index is 0.0455. The molecule has 0 radical (unpaired) electrons. The topological polar surface area (TPSA) is 117 Å². The number of nitrogens with zero attached hydrogens (tertiary/aromatic N) is 3. The number of aromatic nitrogens is 1. The number of hydrogen-bond donors (Lipinski definition) is 1. The zero-order chi connectivity index (χ0) is 27.7. The van der Waals surface area contributed by atoms with Gasteiger partial charge in [-0.15, -0.1) is 0 Å². The molecule has 2 fully saturated rings. The Morgan fingerprint density at radius 3 is 2.50 bits per heavy atom. The molecule has 0 bridgehead atoms. The maximum Gasteiger partial charge on any atom is 0.416 e. The summed E-state index contributed by atoms with van der Waals surface area (Å²) in [4.78, 5) is 44.4. The van der Waals surface area contributed by atoms with Gasteiger partial charge in [0.05, 0.1) is 23.9 Å². The minimum atomic E-state index is -4.55. The van der Waals surface area contributed by atoms with Crippen molar-refractivity contribution in [3.63, 3.8) is 0 Å². The molecule has 38 heavy (non-hydrogen) atoms. The number of halogens is 3. The molecule has 3 heterocycles. The normalized spacial score (nSPS) is 20.8. The molecule has 2 saturated heterocycles. The highest BCUT2D eigenvalue weighted by molar-refractivity contribution is 7.88. The number of carbonyl (C=O) groups excluding carboxylic acids is 3. The second-order valence-electron chi connectivity index (χ2n) is 9.35. The minimum Gasteiger partial charge on any atom is -0.340 e. The molecular weight excluding hydrogens is 525 g/mol. The second kappa shape index (κ2) is 10.8. The lowest BCUT2D eigenvalue weighted by Crippen LogP contribution is -2.52. The van der Waals surface area contributed by atoms with E-state index in [1.54, 1.807) is 19.1 Å². The van der Waals surface area contributed by atoms with Gasteiger partial charge in [0.25, 0.3) is 5.91 Å². The third-order valence-electron chi connectivity index (χ3n) is 6.74. The Bertz CT molecular complexity index is 1300. The first-order valence-electron chi connectivity index (χ1n) is 12.1. The van der Waals surface area contributed by atoms with Gasteiger partial charge in [0.1, 0.15) is 12.1 Å². The Kier molecular flexibility index (Phi) is 7.88. The molecule has 2 aliphatic rings. The second-order valence-corrected chi connectivity index (χ2v) is 11.3. The number of sulfonamides is 1. The first kappa shape index (κ1) is 27.7.